The lowest BCUT2D eigenvalue weighted by Crippen LogP contribution is -2.54. The Balaban J connectivity index is 1.48. The highest BCUT2D eigenvalue weighted by Gasteiger charge is 2.46. The number of anilines is 1. The van der Waals surface area contributed by atoms with E-state index in [0.29, 0.717) is 43.9 Å². The van der Waals surface area contributed by atoms with Crippen LogP contribution >= 0.6 is 0 Å². The zero-order valence-corrected chi connectivity index (χ0v) is 15.3. The summed E-state index contributed by atoms with van der Waals surface area (Å²) in [4.78, 5) is 33.4. The first-order chi connectivity index (χ1) is 13.0. The zero-order chi connectivity index (χ0) is 19.0. The number of benzene rings is 1. The van der Waals surface area contributed by atoms with Crippen molar-refractivity contribution in [1.82, 2.24) is 9.88 Å². The Kier molecular flexibility index (Phi) is 4.45. The van der Waals surface area contributed by atoms with E-state index in [9.17, 15) is 14.0 Å². The maximum absolute atomic E-state index is 13.2. The van der Waals surface area contributed by atoms with Crippen molar-refractivity contribution in [2.75, 3.05) is 24.5 Å². The van der Waals surface area contributed by atoms with Gasteiger partial charge in [-0.15, -0.1) is 0 Å². The fraction of sp³-hybridized carbons (Fsp3) is 0.450. The first-order valence-electron chi connectivity index (χ1n) is 9.27. The molecule has 1 aromatic carbocycles. The summed E-state index contributed by atoms with van der Waals surface area (Å²) in [6, 6.07) is 6.06. The van der Waals surface area contributed by atoms with Crippen LogP contribution in [0, 0.1) is 18.2 Å². The molecule has 0 aliphatic carbocycles. The van der Waals surface area contributed by atoms with E-state index < -0.39 is 5.41 Å². The fourth-order valence-electron chi connectivity index (χ4n) is 4.20. The molecule has 0 radical (unpaired) electrons. The third-order valence-electron chi connectivity index (χ3n) is 5.83. The van der Waals surface area contributed by atoms with Crippen LogP contribution in [0.25, 0.3) is 0 Å². The molecule has 3 heterocycles. The molecule has 4 rings (SSSR count). The monoisotopic (exact) mass is 371 g/mol. The van der Waals surface area contributed by atoms with Gasteiger partial charge in [-0.2, -0.15) is 0 Å². The van der Waals surface area contributed by atoms with Crippen molar-refractivity contribution in [1.29, 1.82) is 0 Å². The molecule has 0 unspecified atom stereocenters. The summed E-state index contributed by atoms with van der Waals surface area (Å²) in [6.07, 6.45) is 4.27. The Morgan fingerprint density at radius 1 is 1.15 bits per heavy atom. The molecule has 2 aromatic rings. The predicted molar refractivity (Wildman–Crippen MR) is 96.8 cm³/mol. The average Bonchev–Trinajstić information content (AvgIpc) is 3.11. The van der Waals surface area contributed by atoms with Crippen molar-refractivity contribution < 1.29 is 18.4 Å². The molecule has 7 heteroatoms. The Bertz CT molecular complexity index is 854. The summed E-state index contributed by atoms with van der Waals surface area (Å²) < 4.78 is 18.3. The number of carbonyl (C=O) groups is 2. The number of nitrogens with zero attached hydrogens (tertiary/aromatic N) is 3. The fourth-order valence-corrected chi connectivity index (χ4v) is 4.20. The molecule has 0 atom stereocenters. The molecule has 2 saturated heterocycles. The Morgan fingerprint density at radius 3 is 2.48 bits per heavy atom. The Hall–Kier alpha value is -2.70. The number of hydrogen-bond acceptors (Lipinski definition) is 4. The highest BCUT2D eigenvalue weighted by Crippen LogP contribution is 2.42. The predicted octanol–water partition coefficient (Wildman–Crippen LogP) is 3.17. The van der Waals surface area contributed by atoms with Crippen LogP contribution in [-0.2, 0) is 4.79 Å². The number of hydrogen-bond donors (Lipinski definition) is 0. The van der Waals surface area contributed by atoms with Crippen LogP contribution in [0.15, 0.2) is 35.1 Å². The number of carbonyl (C=O) groups excluding carboxylic acids is 2. The van der Waals surface area contributed by atoms with Crippen LogP contribution in [0.4, 0.5) is 10.1 Å². The average molecular weight is 371 g/mol. The highest BCUT2D eigenvalue weighted by molar-refractivity contribution is 5.99. The molecular weight excluding hydrogens is 349 g/mol. The highest BCUT2D eigenvalue weighted by atomic mass is 19.1. The van der Waals surface area contributed by atoms with Crippen molar-refractivity contribution in [3.63, 3.8) is 0 Å². The second-order valence-corrected chi connectivity index (χ2v) is 7.37. The van der Waals surface area contributed by atoms with Crippen LogP contribution in [0.3, 0.4) is 0 Å². The third kappa shape index (κ3) is 3.11. The Morgan fingerprint density at radius 2 is 1.85 bits per heavy atom. The van der Waals surface area contributed by atoms with E-state index in [1.54, 1.807) is 28.9 Å². The van der Waals surface area contributed by atoms with Gasteiger partial charge >= 0.3 is 0 Å². The van der Waals surface area contributed by atoms with Crippen LogP contribution in [-0.4, -0.2) is 41.3 Å². The lowest BCUT2D eigenvalue weighted by atomic mass is 9.71. The standard InChI is InChI=1S/C20H22FN3O3/c1-14-17(22-13-27-14)18(25)23-11-8-20(9-12-23)7-2-10-24(19(20)26)16-5-3-15(21)4-6-16/h3-6,13H,2,7-12H2,1H3. The number of piperidine rings is 2. The van der Waals surface area contributed by atoms with E-state index in [4.69, 9.17) is 4.42 Å². The molecule has 27 heavy (non-hydrogen) atoms. The molecule has 1 spiro atoms. The summed E-state index contributed by atoms with van der Waals surface area (Å²) in [5, 5.41) is 0. The van der Waals surface area contributed by atoms with Gasteiger partial charge in [0.2, 0.25) is 5.91 Å². The molecule has 2 amide bonds. The van der Waals surface area contributed by atoms with E-state index in [0.717, 1.165) is 18.5 Å². The van der Waals surface area contributed by atoms with E-state index in [1.165, 1.54) is 18.5 Å². The minimum atomic E-state index is -0.442. The van der Waals surface area contributed by atoms with E-state index >= 15 is 0 Å². The molecule has 2 aliphatic heterocycles. The number of amides is 2. The van der Waals surface area contributed by atoms with Crippen molar-refractivity contribution in [2.45, 2.75) is 32.6 Å². The van der Waals surface area contributed by atoms with Crippen molar-refractivity contribution >= 4 is 17.5 Å². The lowest BCUT2D eigenvalue weighted by molar-refractivity contribution is -0.133. The smallest absolute Gasteiger partial charge is 0.276 e. The molecule has 6 nitrogen and oxygen atoms in total. The van der Waals surface area contributed by atoms with Crippen LogP contribution < -0.4 is 4.90 Å². The quantitative estimate of drug-likeness (QED) is 0.813. The summed E-state index contributed by atoms with van der Waals surface area (Å²) in [5.74, 6) is 0.143. The number of aromatic nitrogens is 1. The summed E-state index contributed by atoms with van der Waals surface area (Å²) in [6.45, 7) is 3.41. The molecule has 0 N–H and O–H groups in total. The topological polar surface area (TPSA) is 66.7 Å². The largest absolute Gasteiger partial charge is 0.448 e. The Labute approximate surface area is 157 Å². The van der Waals surface area contributed by atoms with Crippen molar-refractivity contribution in [2.24, 2.45) is 5.41 Å². The molecule has 142 valence electrons. The van der Waals surface area contributed by atoms with Gasteiger partial charge < -0.3 is 14.2 Å². The van der Waals surface area contributed by atoms with Gasteiger partial charge in [-0.05, 0) is 56.9 Å². The first kappa shape index (κ1) is 17.7. The van der Waals surface area contributed by atoms with E-state index in [2.05, 4.69) is 4.98 Å². The number of oxazole rings is 1. The molecule has 1 aromatic heterocycles. The zero-order valence-electron chi connectivity index (χ0n) is 15.3. The van der Waals surface area contributed by atoms with Crippen molar-refractivity contribution in [3.05, 3.63) is 47.9 Å². The SMILES string of the molecule is Cc1ocnc1C(=O)N1CCC2(CCCN(c3ccc(F)cc3)C2=O)CC1. The lowest BCUT2D eigenvalue weighted by Gasteiger charge is -2.46. The summed E-state index contributed by atoms with van der Waals surface area (Å²) in [7, 11) is 0. The van der Waals surface area contributed by atoms with E-state index in [1.807, 2.05) is 0 Å². The van der Waals surface area contributed by atoms with Gasteiger partial charge in [0.25, 0.3) is 5.91 Å². The van der Waals surface area contributed by atoms with Gasteiger partial charge in [0.05, 0.1) is 5.41 Å². The number of halogens is 1. The van der Waals surface area contributed by atoms with Gasteiger partial charge in [-0.1, -0.05) is 0 Å². The first-order valence-corrected chi connectivity index (χ1v) is 9.27. The van der Waals surface area contributed by atoms with Gasteiger partial charge in [-0.25, -0.2) is 9.37 Å². The molecule has 0 bridgehead atoms. The number of likely N-dealkylation sites (tertiary alicyclic amines) is 1. The molecule has 2 fully saturated rings. The molecular formula is C20H22FN3O3. The van der Waals surface area contributed by atoms with Gasteiger partial charge in [0.1, 0.15) is 11.6 Å². The van der Waals surface area contributed by atoms with Gasteiger partial charge in [0, 0.05) is 25.3 Å². The summed E-state index contributed by atoms with van der Waals surface area (Å²) >= 11 is 0. The number of aryl methyl sites for hydroxylation is 1. The van der Waals surface area contributed by atoms with E-state index in [-0.39, 0.29) is 17.6 Å². The second-order valence-electron chi connectivity index (χ2n) is 7.37. The minimum Gasteiger partial charge on any atom is -0.448 e. The van der Waals surface area contributed by atoms with Gasteiger partial charge in [0.15, 0.2) is 12.1 Å². The summed E-state index contributed by atoms with van der Waals surface area (Å²) in [5.41, 5.74) is 0.633. The normalized spacial score (nSPS) is 19.6. The number of rotatable bonds is 2. The molecule has 2 aliphatic rings. The van der Waals surface area contributed by atoms with Crippen LogP contribution in [0.2, 0.25) is 0 Å². The van der Waals surface area contributed by atoms with Crippen LogP contribution in [0.5, 0.6) is 0 Å². The maximum Gasteiger partial charge on any atom is 0.276 e. The van der Waals surface area contributed by atoms with Crippen molar-refractivity contribution in [3.8, 4) is 0 Å². The third-order valence-corrected chi connectivity index (χ3v) is 5.83. The minimum absolute atomic E-state index is 0.0880. The van der Waals surface area contributed by atoms with Crippen LogP contribution in [0.1, 0.15) is 41.9 Å². The molecule has 0 saturated carbocycles. The second kappa shape index (κ2) is 6.79. The maximum atomic E-state index is 13.2. The van der Waals surface area contributed by atoms with Gasteiger partial charge in [-0.3, -0.25) is 9.59 Å².